The molecule has 0 saturated carbocycles. The van der Waals surface area contributed by atoms with Gasteiger partial charge in [-0.1, -0.05) is 5.92 Å². The van der Waals surface area contributed by atoms with Gasteiger partial charge < -0.3 is 9.64 Å². The molecule has 1 aromatic carbocycles. The molecule has 0 amide bonds. The number of terminal acetylenes is 1. The molecule has 0 radical (unpaired) electrons. The van der Waals surface area contributed by atoms with Gasteiger partial charge in [0.1, 0.15) is 5.82 Å². The highest BCUT2D eigenvalue weighted by Crippen LogP contribution is 2.34. The number of halogens is 1. The number of nitrogens with zero attached hydrogens (tertiary/aromatic N) is 2. The number of piperidine rings is 1. The van der Waals surface area contributed by atoms with E-state index in [0.29, 0.717) is 12.8 Å². The largest absolute Gasteiger partial charge is 0.467 e. The van der Waals surface area contributed by atoms with Gasteiger partial charge in [0.15, 0.2) is 11.4 Å². The number of ether oxygens (including phenoxy) is 1. The minimum atomic E-state index is -0.866. The maximum Gasteiger partial charge on any atom is 0.313 e. The molecule has 1 aliphatic heterocycles. The van der Waals surface area contributed by atoms with Crippen LogP contribution in [0.2, 0.25) is 0 Å². The van der Waals surface area contributed by atoms with Gasteiger partial charge in [-0.2, -0.15) is 0 Å². The summed E-state index contributed by atoms with van der Waals surface area (Å²) in [6, 6.07) is 3.22. The van der Waals surface area contributed by atoms with Gasteiger partial charge in [0.05, 0.1) is 11.0 Å². The summed E-state index contributed by atoms with van der Waals surface area (Å²) >= 11 is 0. The molecular weight excluding hydrogens is 263 g/mol. The molecule has 5 nitrogen and oxygen atoms in total. The van der Waals surface area contributed by atoms with Crippen molar-refractivity contribution in [3.05, 3.63) is 34.1 Å². The van der Waals surface area contributed by atoms with Crippen LogP contribution in [0.5, 0.6) is 5.75 Å². The Morgan fingerprint density at radius 3 is 2.70 bits per heavy atom. The maximum absolute atomic E-state index is 13.1. The third-order valence-electron chi connectivity index (χ3n) is 3.48. The van der Waals surface area contributed by atoms with Gasteiger partial charge >= 0.3 is 5.69 Å². The molecule has 0 N–H and O–H groups in total. The SMILES string of the molecule is C#CC1(Oc2ccc(F)cc2[N+](=O)[O-])CCN(C)CC1. The molecule has 1 saturated heterocycles. The van der Waals surface area contributed by atoms with E-state index in [1.165, 1.54) is 6.07 Å². The minimum Gasteiger partial charge on any atom is -0.467 e. The van der Waals surface area contributed by atoms with E-state index in [1.54, 1.807) is 0 Å². The topological polar surface area (TPSA) is 55.6 Å². The fraction of sp³-hybridized carbons (Fsp3) is 0.429. The second kappa shape index (κ2) is 5.47. The van der Waals surface area contributed by atoms with Crippen molar-refractivity contribution in [1.29, 1.82) is 0 Å². The molecule has 1 aliphatic rings. The van der Waals surface area contributed by atoms with Crippen LogP contribution in [0.3, 0.4) is 0 Å². The number of nitro groups is 1. The third-order valence-corrected chi connectivity index (χ3v) is 3.48. The van der Waals surface area contributed by atoms with Crippen LogP contribution in [0.1, 0.15) is 12.8 Å². The highest BCUT2D eigenvalue weighted by molar-refractivity contribution is 5.47. The second-order valence-corrected chi connectivity index (χ2v) is 4.91. The molecule has 1 fully saturated rings. The van der Waals surface area contributed by atoms with Crippen LogP contribution in [-0.2, 0) is 0 Å². The molecule has 1 heterocycles. The number of hydrogen-bond donors (Lipinski definition) is 0. The number of benzene rings is 1. The van der Waals surface area contributed by atoms with Gasteiger partial charge in [-0.15, -0.1) is 6.42 Å². The minimum absolute atomic E-state index is 0.0129. The molecule has 2 rings (SSSR count). The van der Waals surface area contributed by atoms with Gasteiger partial charge in [0.2, 0.25) is 0 Å². The van der Waals surface area contributed by atoms with Crippen LogP contribution < -0.4 is 4.74 Å². The summed E-state index contributed by atoms with van der Waals surface area (Å²) in [7, 11) is 1.97. The Balaban J connectivity index is 2.29. The molecule has 0 atom stereocenters. The van der Waals surface area contributed by atoms with E-state index in [-0.39, 0.29) is 5.75 Å². The summed E-state index contributed by atoms with van der Waals surface area (Å²) in [6.45, 7) is 1.50. The summed E-state index contributed by atoms with van der Waals surface area (Å²) in [4.78, 5) is 12.4. The fourth-order valence-electron chi connectivity index (χ4n) is 2.19. The first-order chi connectivity index (χ1) is 9.46. The van der Waals surface area contributed by atoms with Crippen LogP contribution in [0.25, 0.3) is 0 Å². The first-order valence-corrected chi connectivity index (χ1v) is 6.25. The fourth-order valence-corrected chi connectivity index (χ4v) is 2.19. The standard InChI is InChI=1S/C14H15FN2O3/c1-3-14(6-8-16(2)9-7-14)20-13-5-4-11(15)10-12(13)17(18)19/h1,4-5,10H,6-9H2,2H3. The van der Waals surface area contributed by atoms with E-state index in [0.717, 1.165) is 25.2 Å². The summed E-state index contributed by atoms with van der Waals surface area (Å²) in [5.74, 6) is 1.94. The zero-order valence-corrected chi connectivity index (χ0v) is 11.1. The van der Waals surface area contributed by atoms with Crippen molar-refractivity contribution < 1.29 is 14.1 Å². The first kappa shape index (κ1) is 14.3. The van der Waals surface area contributed by atoms with E-state index < -0.39 is 22.0 Å². The van der Waals surface area contributed by atoms with Crippen molar-refractivity contribution in [3.8, 4) is 18.1 Å². The Kier molecular flexibility index (Phi) is 3.91. The van der Waals surface area contributed by atoms with E-state index in [4.69, 9.17) is 11.2 Å². The Bertz CT molecular complexity index is 560. The maximum atomic E-state index is 13.1. The van der Waals surface area contributed by atoms with Gasteiger partial charge in [-0.3, -0.25) is 10.1 Å². The summed E-state index contributed by atoms with van der Waals surface area (Å²) < 4.78 is 18.8. The van der Waals surface area contributed by atoms with Gasteiger partial charge in [0, 0.05) is 25.9 Å². The highest BCUT2D eigenvalue weighted by atomic mass is 19.1. The normalized spacial score (nSPS) is 18.2. The smallest absolute Gasteiger partial charge is 0.313 e. The van der Waals surface area contributed by atoms with Crippen molar-refractivity contribution in [1.82, 2.24) is 4.90 Å². The Morgan fingerprint density at radius 2 is 2.15 bits per heavy atom. The molecular formula is C14H15FN2O3. The molecule has 6 heteroatoms. The lowest BCUT2D eigenvalue weighted by Crippen LogP contribution is -2.45. The molecule has 1 aromatic rings. The van der Waals surface area contributed by atoms with Crippen LogP contribution in [0.15, 0.2) is 18.2 Å². The monoisotopic (exact) mass is 278 g/mol. The Morgan fingerprint density at radius 1 is 1.50 bits per heavy atom. The summed E-state index contributed by atoms with van der Waals surface area (Å²) in [5.41, 5.74) is -1.27. The van der Waals surface area contributed by atoms with Crippen LogP contribution >= 0.6 is 0 Å². The summed E-state index contributed by atoms with van der Waals surface area (Å²) in [6.07, 6.45) is 6.71. The quantitative estimate of drug-likeness (QED) is 0.483. The molecule has 0 spiro atoms. The Labute approximate surface area is 116 Å². The van der Waals surface area contributed by atoms with Crippen LogP contribution in [-0.4, -0.2) is 35.6 Å². The molecule has 0 bridgehead atoms. The predicted octanol–water partition coefficient (Wildman–Crippen LogP) is 2.21. The van der Waals surface area contributed by atoms with Crippen molar-refractivity contribution in [2.45, 2.75) is 18.4 Å². The lowest BCUT2D eigenvalue weighted by atomic mass is 9.92. The number of hydrogen-bond acceptors (Lipinski definition) is 4. The van der Waals surface area contributed by atoms with Gasteiger partial charge in [-0.25, -0.2) is 4.39 Å². The molecule has 0 unspecified atom stereocenters. The zero-order chi connectivity index (χ0) is 14.8. The van der Waals surface area contributed by atoms with Crippen molar-refractivity contribution >= 4 is 5.69 Å². The molecule has 20 heavy (non-hydrogen) atoms. The van der Waals surface area contributed by atoms with E-state index in [9.17, 15) is 14.5 Å². The highest BCUT2D eigenvalue weighted by Gasteiger charge is 2.35. The van der Waals surface area contributed by atoms with Gasteiger partial charge in [0.25, 0.3) is 0 Å². The van der Waals surface area contributed by atoms with E-state index in [2.05, 4.69) is 10.8 Å². The molecule has 0 aliphatic carbocycles. The number of likely N-dealkylation sites (tertiary alicyclic amines) is 1. The summed E-state index contributed by atoms with van der Waals surface area (Å²) in [5, 5.41) is 11.0. The van der Waals surface area contributed by atoms with E-state index in [1.807, 2.05) is 7.05 Å². The second-order valence-electron chi connectivity index (χ2n) is 4.91. The van der Waals surface area contributed by atoms with Gasteiger partial charge in [-0.05, 0) is 19.2 Å². The average Bonchev–Trinajstić information content (AvgIpc) is 2.43. The van der Waals surface area contributed by atoms with Crippen LogP contribution in [0.4, 0.5) is 10.1 Å². The van der Waals surface area contributed by atoms with Crippen molar-refractivity contribution in [2.75, 3.05) is 20.1 Å². The lowest BCUT2D eigenvalue weighted by molar-refractivity contribution is -0.386. The Hall–Kier alpha value is -2.13. The van der Waals surface area contributed by atoms with E-state index >= 15 is 0 Å². The predicted molar refractivity (Wildman–Crippen MR) is 72.0 cm³/mol. The number of nitro benzene ring substituents is 1. The number of rotatable bonds is 3. The lowest BCUT2D eigenvalue weighted by Gasteiger charge is -2.36. The van der Waals surface area contributed by atoms with Crippen molar-refractivity contribution in [3.63, 3.8) is 0 Å². The van der Waals surface area contributed by atoms with Crippen LogP contribution in [0, 0.1) is 28.3 Å². The zero-order valence-electron chi connectivity index (χ0n) is 11.1. The first-order valence-electron chi connectivity index (χ1n) is 6.25. The molecule has 106 valence electrons. The molecule has 0 aromatic heterocycles. The van der Waals surface area contributed by atoms with Crippen molar-refractivity contribution in [2.24, 2.45) is 0 Å². The third kappa shape index (κ3) is 2.89. The average molecular weight is 278 g/mol.